The van der Waals surface area contributed by atoms with E-state index in [4.69, 9.17) is 4.74 Å². The van der Waals surface area contributed by atoms with Gasteiger partial charge >= 0.3 is 0 Å². The predicted octanol–water partition coefficient (Wildman–Crippen LogP) is 3.39. The molecule has 2 aliphatic rings. The second-order valence-electron chi connectivity index (χ2n) is 6.59. The molecule has 0 aromatic heterocycles. The average molecular weight is 425 g/mol. The zero-order chi connectivity index (χ0) is 21.3. The highest BCUT2D eigenvalue weighted by Gasteiger charge is 2.43. The van der Waals surface area contributed by atoms with Crippen molar-refractivity contribution in [2.45, 2.75) is 12.2 Å². The van der Waals surface area contributed by atoms with Gasteiger partial charge in [-0.15, -0.1) is 11.7 Å². The molecule has 2 aromatic rings. The van der Waals surface area contributed by atoms with Crippen LogP contribution in [0.4, 0.5) is 11.4 Å². The maximum absolute atomic E-state index is 13.0. The van der Waals surface area contributed by atoms with Gasteiger partial charge in [0, 0.05) is 34.7 Å². The third kappa shape index (κ3) is 3.45. The first-order valence-electron chi connectivity index (χ1n) is 9.12. The fourth-order valence-corrected chi connectivity index (χ4v) is 4.12. The number of carbonyl (C=O) groups excluding carboxylic acids is 1. The average Bonchev–Trinajstić information content (AvgIpc) is 2.76. The Bertz CT molecular complexity index is 1060. The molecule has 0 unspecified atom stereocenters. The van der Waals surface area contributed by atoms with Crippen molar-refractivity contribution < 1.29 is 14.5 Å². The molecule has 154 valence electrons. The number of nitro benzene ring substituents is 1. The summed E-state index contributed by atoms with van der Waals surface area (Å²) in [6.07, 6.45) is 1.07. The van der Waals surface area contributed by atoms with Crippen LogP contribution in [0.3, 0.4) is 0 Å². The molecular formula is C20H19N5O4S. The largest absolute Gasteiger partial charge is 0.496 e. The Balaban J connectivity index is 1.87. The van der Waals surface area contributed by atoms with E-state index in [2.05, 4.69) is 22.3 Å². The Labute approximate surface area is 176 Å². The van der Waals surface area contributed by atoms with E-state index in [9.17, 15) is 14.9 Å². The second kappa shape index (κ2) is 8.07. The van der Waals surface area contributed by atoms with Crippen LogP contribution >= 0.6 is 11.8 Å². The number of methoxy groups -OCH3 is 1. The Kier molecular flexibility index (Phi) is 5.32. The van der Waals surface area contributed by atoms with Crippen molar-refractivity contribution in [2.24, 2.45) is 5.10 Å². The summed E-state index contributed by atoms with van der Waals surface area (Å²) in [4.78, 5) is 23.9. The third-order valence-corrected chi connectivity index (χ3v) is 5.68. The van der Waals surface area contributed by atoms with Gasteiger partial charge in [0.25, 0.3) is 11.6 Å². The highest BCUT2D eigenvalue weighted by atomic mass is 32.2. The molecule has 0 spiro atoms. The number of hydrazone groups is 1. The van der Waals surface area contributed by atoms with Crippen LogP contribution in [0.5, 0.6) is 5.75 Å². The van der Waals surface area contributed by atoms with Gasteiger partial charge in [0.2, 0.25) is 0 Å². The van der Waals surface area contributed by atoms with Crippen molar-refractivity contribution in [3.8, 4) is 5.75 Å². The molecule has 2 atom stereocenters. The van der Waals surface area contributed by atoms with E-state index in [1.807, 2.05) is 24.3 Å². The number of nitro groups is 1. The summed E-state index contributed by atoms with van der Waals surface area (Å²) in [5, 5.41) is 24.3. The molecule has 10 heteroatoms. The van der Waals surface area contributed by atoms with Gasteiger partial charge in [-0.3, -0.25) is 19.9 Å². The molecular weight excluding hydrogens is 406 g/mol. The highest BCUT2D eigenvalue weighted by Crippen LogP contribution is 2.45. The lowest BCUT2D eigenvalue weighted by atomic mass is 9.96. The number of amidine groups is 1. The van der Waals surface area contributed by atoms with Gasteiger partial charge in [0.1, 0.15) is 11.9 Å². The number of amides is 1. The highest BCUT2D eigenvalue weighted by molar-refractivity contribution is 8.14. The first-order valence-corrected chi connectivity index (χ1v) is 10.1. The minimum absolute atomic E-state index is 0.0743. The maximum Gasteiger partial charge on any atom is 0.270 e. The third-order valence-electron chi connectivity index (χ3n) is 4.82. The summed E-state index contributed by atoms with van der Waals surface area (Å²) in [6.45, 7) is 3.69. The SMILES string of the molecule is C=CCSC1=NN2[C@@H](c3cc([N+](=O)[O-])ccc3OC)Nc3ccccc3[C@@H]2C(=O)N1. The van der Waals surface area contributed by atoms with Crippen LogP contribution in [-0.2, 0) is 4.79 Å². The fourth-order valence-electron chi connectivity index (χ4n) is 3.52. The topological polar surface area (TPSA) is 109 Å². The van der Waals surface area contributed by atoms with Crippen molar-refractivity contribution in [2.75, 3.05) is 18.2 Å². The normalized spacial score (nSPS) is 19.6. The molecule has 2 N–H and O–H groups in total. The molecule has 0 saturated heterocycles. The van der Waals surface area contributed by atoms with E-state index in [-0.39, 0.29) is 11.6 Å². The molecule has 2 aromatic carbocycles. The molecule has 0 radical (unpaired) electrons. The number of thioether (sulfide) groups is 1. The number of carbonyl (C=O) groups is 1. The van der Waals surface area contributed by atoms with E-state index in [1.54, 1.807) is 17.2 Å². The molecule has 1 amide bonds. The Morgan fingerprint density at radius 2 is 2.13 bits per heavy atom. The molecule has 0 saturated carbocycles. The van der Waals surface area contributed by atoms with Crippen molar-refractivity contribution in [1.29, 1.82) is 0 Å². The van der Waals surface area contributed by atoms with E-state index >= 15 is 0 Å². The molecule has 0 aliphatic carbocycles. The van der Waals surface area contributed by atoms with Gasteiger partial charge in [0.15, 0.2) is 11.2 Å². The van der Waals surface area contributed by atoms with Crippen molar-refractivity contribution in [3.63, 3.8) is 0 Å². The minimum atomic E-state index is -0.690. The standard InChI is InChI=1S/C20H19N5O4S/c1-3-10-30-20-22-19(26)17-13-6-4-5-7-15(13)21-18(24(17)23-20)14-11-12(25(27)28)8-9-16(14)29-2/h3-9,11,17-18,21H,1,10H2,2H3,(H,22,23,26)/t17-,18+/m1/s1. The lowest BCUT2D eigenvalue weighted by molar-refractivity contribution is -0.385. The lowest BCUT2D eigenvalue weighted by Crippen LogP contribution is -2.51. The van der Waals surface area contributed by atoms with E-state index in [0.29, 0.717) is 22.2 Å². The van der Waals surface area contributed by atoms with Crippen molar-refractivity contribution >= 4 is 34.2 Å². The number of hydrogen-bond donors (Lipinski definition) is 2. The predicted molar refractivity (Wildman–Crippen MR) is 115 cm³/mol. The minimum Gasteiger partial charge on any atom is -0.496 e. The molecule has 0 bridgehead atoms. The number of hydrogen-bond acceptors (Lipinski definition) is 8. The summed E-state index contributed by atoms with van der Waals surface area (Å²) >= 11 is 1.34. The van der Waals surface area contributed by atoms with Gasteiger partial charge in [-0.1, -0.05) is 36.0 Å². The Morgan fingerprint density at radius 1 is 1.33 bits per heavy atom. The fraction of sp³-hybridized carbons (Fsp3) is 0.200. The molecule has 2 heterocycles. The van der Waals surface area contributed by atoms with Crippen LogP contribution in [0.2, 0.25) is 0 Å². The second-order valence-corrected chi connectivity index (χ2v) is 7.60. The number of rotatable bonds is 5. The van der Waals surface area contributed by atoms with Gasteiger partial charge in [0.05, 0.1) is 12.0 Å². The van der Waals surface area contributed by atoms with Crippen LogP contribution in [0.15, 0.2) is 60.2 Å². The number of anilines is 1. The smallest absolute Gasteiger partial charge is 0.270 e. The summed E-state index contributed by atoms with van der Waals surface area (Å²) in [5.74, 6) is 0.810. The zero-order valence-electron chi connectivity index (χ0n) is 16.1. The Hall–Kier alpha value is -3.53. The molecule has 2 aliphatic heterocycles. The van der Waals surface area contributed by atoms with Crippen molar-refractivity contribution in [1.82, 2.24) is 10.3 Å². The lowest BCUT2D eigenvalue weighted by Gasteiger charge is -2.43. The van der Waals surface area contributed by atoms with Gasteiger partial charge in [-0.05, 0) is 12.1 Å². The number of benzene rings is 2. The quantitative estimate of drug-likeness (QED) is 0.429. The number of non-ortho nitro benzene ring substituents is 1. The zero-order valence-corrected chi connectivity index (χ0v) is 16.9. The van der Waals surface area contributed by atoms with Crippen LogP contribution in [-0.4, -0.2) is 33.9 Å². The molecule has 0 fully saturated rings. The molecule has 4 rings (SSSR count). The van der Waals surface area contributed by atoms with E-state index < -0.39 is 17.1 Å². The van der Waals surface area contributed by atoms with Crippen LogP contribution in [0, 0.1) is 10.1 Å². The maximum atomic E-state index is 13.0. The number of fused-ring (bicyclic) bond motifs is 3. The van der Waals surface area contributed by atoms with Crippen LogP contribution in [0.25, 0.3) is 0 Å². The Morgan fingerprint density at radius 3 is 2.87 bits per heavy atom. The number of nitrogens with zero attached hydrogens (tertiary/aromatic N) is 3. The summed E-state index contributed by atoms with van der Waals surface area (Å²) in [6, 6.07) is 11.1. The number of nitrogens with one attached hydrogen (secondary N) is 2. The summed E-state index contributed by atoms with van der Waals surface area (Å²) in [5.41, 5.74) is 1.96. The first kappa shape index (κ1) is 19.8. The van der Waals surface area contributed by atoms with Gasteiger partial charge in [-0.2, -0.15) is 0 Å². The monoisotopic (exact) mass is 425 g/mol. The first-order chi connectivity index (χ1) is 14.5. The van der Waals surface area contributed by atoms with Crippen molar-refractivity contribution in [3.05, 3.63) is 76.4 Å². The molecule has 9 nitrogen and oxygen atoms in total. The van der Waals surface area contributed by atoms with E-state index in [1.165, 1.54) is 31.0 Å². The summed E-state index contributed by atoms with van der Waals surface area (Å²) in [7, 11) is 1.50. The summed E-state index contributed by atoms with van der Waals surface area (Å²) < 4.78 is 5.46. The van der Waals surface area contributed by atoms with E-state index in [0.717, 1.165) is 11.3 Å². The van der Waals surface area contributed by atoms with Gasteiger partial charge < -0.3 is 15.4 Å². The number of para-hydroxylation sites is 1. The van der Waals surface area contributed by atoms with Gasteiger partial charge in [-0.25, -0.2) is 0 Å². The number of ether oxygens (including phenoxy) is 1. The van der Waals surface area contributed by atoms with Crippen LogP contribution < -0.4 is 15.4 Å². The molecule has 30 heavy (non-hydrogen) atoms. The van der Waals surface area contributed by atoms with Crippen LogP contribution in [0.1, 0.15) is 23.3 Å².